The summed E-state index contributed by atoms with van der Waals surface area (Å²) in [5.41, 5.74) is 10.7. The van der Waals surface area contributed by atoms with E-state index in [1.165, 1.54) is 57.3 Å². The number of carbonyl (C=O) groups is 2. The van der Waals surface area contributed by atoms with Gasteiger partial charge >= 0.3 is 0 Å². The smallest absolute Gasteiger partial charge is 0.236 e. The molecule has 0 bridgehead atoms. The zero-order valence-electron chi connectivity index (χ0n) is 16.0. The van der Waals surface area contributed by atoms with Gasteiger partial charge in [0.15, 0.2) is 13.8 Å². The first-order valence-electron chi connectivity index (χ1n) is 8.53. The van der Waals surface area contributed by atoms with E-state index in [0.29, 0.717) is 13.8 Å². The van der Waals surface area contributed by atoms with Crippen molar-refractivity contribution in [3.05, 3.63) is 34.2 Å². The van der Waals surface area contributed by atoms with Crippen LogP contribution in [0.3, 0.4) is 0 Å². The Labute approximate surface area is 184 Å². The van der Waals surface area contributed by atoms with Gasteiger partial charge in [-0.2, -0.15) is 0 Å². The average Bonchev–Trinajstić information content (AvgIpc) is 3.31. The summed E-state index contributed by atoms with van der Waals surface area (Å²) in [6, 6.07) is 4.28. The third kappa shape index (κ3) is 6.01. The lowest BCUT2D eigenvalue weighted by atomic mass is 9.99. The van der Waals surface area contributed by atoms with Crippen LogP contribution in [0.2, 0.25) is 0 Å². The molecule has 0 aliphatic rings. The number of rotatable bonds is 8. The number of primary amides is 1. The standard InChI is InChI=1S/C18H19N5O2S4/c1-9-4-11(3)12(5-10(9)2)13-6-26-16(20-13)21-15(25)8-28-18-23-22-17(29-18)27-7-14(19)24/h4-6H,7-8H2,1-3H3,(H2,19,24)(H,20,21,25). The van der Waals surface area contributed by atoms with E-state index in [2.05, 4.69) is 53.4 Å². The van der Waals surface area contributed by atoms with Crippen molar-refractivity contribution in [1.29, 1.82) is 0 Å². The van der Waals surface area contributed by atoms with Crippen molar-refractivity contribution < 1.29 is 9.59 Å². The second kappa shape index (κ2) is 9.70. The molecule has 0 spiro atoms. The molecule has 3 aromatic rings. The lowest BCUT2D eigenvalue weighted by molar-refractivity contribution is -0.115. The minimum atomic E-state index is -0.405. The first kappa shape index (κ1) is 21.8. The van der Waals surface area contributed by atoms with Crippen molar-refractivity contribution >= 4 is 63.1 Å². The zero-order chi connectivity index (χ0) is 21.0. The van der Waals surface area contributed by atoms with Gasteiger partial charge in [0, 0.05) is 10.9 Å². The maximum atomic E-state index is 12.2. The number of hydrogen-bond acceptors (Lipinski definition) is 9. The zero-order valence-corrected chi connectivity index (χ0v) is 19.3. The second-order valence-corrected chi connectivity index (χ2v) is 10.5. The summed E-state index contributed by atoms with van der Waals surface area (Å²) < 4.78 is 1.32. The third-order valence-electron chi connectivity index (χ3n) is 3.92. The number of nitrogens with zero attached hydrogens (tertiary/aromatic N) is 3. The molecule has 7 nitrogen and oxygen atoms in total. The van der Waals surface area contributed by atoms with Crippen LogP contribution in [0.25, 0.3) is 11.3 Å². The molecule has 0 aliphatic heterocycles. The number of aromatic nitrogens is 3. The molecule has 0 unspecified atom stereocenters. The number of anilines is 1. The minimum absolute atomic E-state index is 0.158. The second-order valence-electron chi connectivity index (χ2n) is 6.22. The lowest BCUT2D eigenvalue weighted by Crippen LogP contribution is -2.13. The summed E-state index contributed by atoms with van der Waals surface area (Å²) in [6.07, 6.45) is 0. The minimum Gasteiger partial charge on any atom is -0.369 e. The van der Waals surface area contributed by atoms with Gasteiger partial charge in [0.2, 0.25) is 11.8 Å². The lowest BCUT2D eigenvalue weighted by Gasteiger charge is -2.07. The normalized spacial score (nSPS) is 10.9. The summed E-state index contributed by atoms with van der Waals surface area (Å²) in [5, 5.41) is 13.3. The highest BCUT2D eigenvalue weighted by Gasteiger charge is 2.13. The molecule has 0 fully saturated rings. The quantitative estimate of drug-likeness (QED) is 0.485. The molecule has 29 heavy (non-hydrogen) atoms. The van der Waals surface area contributed by atoms with E-state index < -0.39 is 5.91 Å². The third-order valence-corrected chi connectivity index (χ3v) is 7.89. The summed E-state index contributed by atoms with van der Waals surface area (Å²) in [7, 11) is 0. The fraction of sp³-hybridized carbons (Fsp3) is 0.278. The van der Waals surface area contributed by atoms with Crippen molar-refractivity contribution in [2.24, 2.45) is 5.73 Å². The van der Waals surface area contributed by atoms with Crippen LogP contribution in [-0.2, 0) is 9.59 Å². The van der Waals surface area contributed by atoms with E-state index in [1.54, 1.807) is 0 Å². The first-order chi connectivity index (χ1) is 13.8. The van der Waals surface area contributed by atoms with Crippen LogP contribution in [0.15, 0.2) is 26.2 Å². The van der Waals surface area contributed by atoms with E-state index in [-0.39, 0.29) is 17.4 Å². The van der Waals surface area contributed by atoms with E-state index >= 15 is 0 Å². The Morgan fingerprint density at radius 1 is 1.03 bits per heavy atom. The largest absolute Gasteiger partial charge is 0.369 e. The molecule has 0 radical (unpaired) electrons. The Balaban J connectivity index is 1.56. The molecule has 0 saturated heterocycles. The Bertz CT molecular complexity index is 1050. The highest BCUT2D eigenvalue weighted by atomic mass is 32.2. The van der Waals surface area contributed by atoms with Crippen molar-refractivity contribution in [1.82, 2.24) is 15.2 Å². The first-order valence-corrected chi connectivity index (χ1v) is 12.2. The molecule has 0 atom stereocenters. The number of thioether (sulfide) groups is 2. The Morgan fingerprint density at radius 2 is 1.69 bits per heavy atom. The van der Waals surface area contributed by atoms with Crippen molar-refractivity contribution in [3.63, 3.8) is 0 Å². The summed E-state index contributed by atoms with van der Waals surface area (Å²) >= 11 is 5.26. The SMILES string of the molecule is Cc1cc(C)c(-c2csc(NC(=O)CSc3nnc(SCC(N)=O)s3)n2)cc1C. The topological polar surface area (TPSA) is 111 Å². The fourth-order valence-corrected chi connectivity index (χ4v) is 5.71. The summed E-state index contributed by atoms with van der Waals surface area (Å²) in [6.45, 7) is 6.23. The van der Waals surface area contributed by atoms with E-state index in [0.717, 1.165) is 16.8 Å². The van der Waals surface area contributed by atoms with Crippen molar-refractivity contribution in [2.75, 3.05) is 16.8 Å². The van der Waals surface area contributed by atoms with Crippen LogP contribution < -0.4 is 11.1 Å². The number of aryl methyl sites for hydroxylation is 3. The van der Waals surface area contributed by atoms with E-state index in [9.17, 15) is 9.59 Å². The fourth-order valence-electron chi connectivity index (χ4n) is 2.42. The Hall–Kier alpha value is -1.95. The van der Waals surface area contributed by atoms with Crippen LogP contribution >= 0.6 is 46.2 Å². The molecule has 2 heterocycles. The number of benzene rings is 1. The van der Waals surface area contributed by atoms with Crippen LogP contribution in [0.4, 0.5) is 5.13 Å². The monoisotopic (exact) mass is 465 g/mol. The predicted molar refractivity (Wildman–Crippen MR) is 121 cm³/mol. The maximum Gasteiger partial charge on any atom is 0.236 e. The van der Waals surface area contributed by atoms with Gasteiger partial charge in [0.25, 0.3) is 0 Å². The van der Waals surface area contributed by atoms with Crippen molar-refractivity contribution in [2.45, 2.75) is 29.5 Å². The molecule has 0 aliphatic carbocycles. The Morgan fingerprint density at radius 3 is 2.38 bits per heavy atom. The number of amides is 2. The van der Waals surface area contributed by atoms with Gasteiger partial charge < -0.3 is 11.1 Å². The van der Waals surface area contributed by atoms with Crippen LogP contribution in [0, 0.1) is 20.8 Å². The molecule has 2 aromatic heterocycles. The molecular formula is C18H19N5O2S4. The van der Waals surface area contributed by atoms with Crippen LogP contribution in [-0.4, -0.2) is 38.5 Å². The number of nitrogens with one attached hydrogen (secondary N) is 1. The van der Waals surface area contributed by atoms with Crippen LogP contribution in [0.1, 0.15) is 16.7 Å². The molecular weight excluding hydrogens is 446 g/mol. The molecule has 0 saturated carbocycles. The highest BCUT2D eigenvalue weighted by Crippen LogP contribution is 2.31. The predicted octanol–water partition coefficient (Wildman–Crippen LogP) is 3.90. The van der Waals surface area contributed by atoms with Crippen LogP contribution in [0.5, 0.6) is 0 Å². The molecule has 3 rings (SSSR count). The maximum absolute atomic E-state index is 12.2. The summed E-state index contributed by atoms with van der Waals surface area (Å²) in [4.78, 5) is 27.6. The van der Waals surface area contributed by atoms with Gasteiger partial charge in [-0.25, -0.2) is 4.98 Å². The highest BCUT2D eigenvalue weighted by molar-refractivity contribution is 8.03. The number of hydrogen-bond donors (Lipinski definition) is 2. The van der Waals surface area contributed by atoms with Gasteiger partial charge in [0.05, 0.1) is 17.2 Å². The summed E-state index contributed by atoms with van der Waals surface area (Å²) in [5.74, 6) is -0.203. The van der Waals surface area contributed by atoms with Gasteiger partial charge in [-0.05, 0) is 43.5 Å². The van der Waals surface area contributed by atoms with Gasteiger partial charge in [-0.3, -0.25) is 9.59 Å². The Kier molecular flexibility index (Phi) is 7.28. The van der Waals surface area contributed by atoms with Crippen molar-refractivity contribution in [3.8, 4) is 11.3 Å². The molecule has 11 heteroatoms. The number of nitrogens with two attached hydrogens (primary N) is 1. The molecule has 1 aromatic carbocycles. The average molecular weight is 466 g/mol. The molecule has 152 valence electrons. The molecule has 2 amide bonds. The van der Waals surface area contributed by atoms with Gasteiger partial charge in [0.1, 0.15) is 0 Å². The van der Waals surface area contributed by atoms with Gasteiger partial charge in [-0.15, -0.1) is 21.5 Å². The number of carbonyl (C=O) groups excluding carboxylic acids is 2. The molecule has 3 N–H and O–H groups in total. The van der Waals surface area contributed by atoms with E-state index in [1.807, 2.05) is 5.38 Å². The van der Waals surface area contributed by atoms with Gasteiger partial charge in [-0.1, -0.05) is 40.9 Å². The number of thiazole rings is 1. The van der Waals surface area contributed by atoms with E-state index in [4.69, 9.17) is 5.73 Å².